The molecule has 1 aromatic rings. The van der Waals surface area contributed by atoms with E-state index in [9.17, 15) is 0 Å². The Morgan fingerprint density at radius 2 is 1.81 bits per heavy atom. The molecule has 0 aliphatic heterocycles. The zero-order valence-electron chi connectivity index (χ0n) is 9.52. The average molecular weight is 219 g/mol. The number of methoxy groups -OCH3 is 1. The molecule has 16 heavy (non-hydrogen) atoms. The number of ether oxygens (including phenoxy) is 1. The monoisotopic (exact) mass is 219 g/mol. The smallest absolute Gasteiger partial charge is 0.257 e. The van der Waals surface area contributed by atoms with Gasteiger partial charge in [0.05, 0.1) is 7.11 Å². The minimum Gasteiger partial charge on any atom is -0.478 e. The summed E-state index contributed by atoms with van der Waals surface area (Å²) in [6.45, 7) is 0. The first-order chi connectivity index (χ1) is 7.88. The van der Waals surface area contributed by atoms with Gasteiger partial charge >= 0.3 is 0 Å². The van der Waals surface area contributed by atoms with Crippen LogP contribution >= 0.6 is 0 Å². The molecule has 0 spiro atoms. The van der Waals surface area contributed by atoms with E-state index in [1.54, 1.807) is 19.5 Å². The Kier molecular flexibility index (Phi) is 2.42. The molecular weight excluding hydrogens is 202 g/mol. The predicted molar refractivity (Wildman–Crippen MR) is 61.4 cm³/mol. The van der Waals surface area contributed by atoms with Gasteiger partial charge in [-0.2, -0.15) is 0 Å². The maximum absolute atomic E-state index is 5.21. The Hall–Kier alpha value is -1.32. The Morgan fingerprint density at radius 1 is 1.19 bits per heavy atom. The van der Waals surface area contributed by atoms with Crippen LogP contribution in [0, 0.1) is 11.8 Å². The van der Waals surface area contributed by atoms with Gasteiger partial charge in [0.25, 0.3) is 5.88 Å². The largest absolute Gasteiger partial charge is 0.478 e. The second-order valence-corrected chi connectivity index (χ2v) is 4.76. The summed E-state index contributed by atoms with van der Waals surface area (Å²) in [5, 5.41) is 3.52. The lowest BCUT2D eigenvalue weighted by atomic mass is 10.1. The Labute approximate surface area is 95.4 Å². The maximum atomic E-state index is 5.21. The lowest BCUT2D eigenvalue weighted by molar-refractivity contribution is 0.396. The molecule has 1 heterocycles. The van der Waals surface area contributed by atoms with Gasteiger partial charge in [0, 0.05) is 18.4 Å². The molecule has 3 rings (SSSR count). The number of anilines is 1. The van der Waals surface area contributed by atoms with E-state index in [0.29, 0.717) is 11.9 Å². The fraction of sp³-hybridized carbons (Fsp3) is 0.667. The minimum atomic E-state index is 0.589. The van der Waals surface area contributed by atoms with E-state index in [0.717, 1.165) is 17.7 Å². The van der Waals surface area contributed by atoms with E-state index in [1.807, 2.05) is 0 Å². The Balaban J connectivity index is 1.75. The summed E-state index contributed by atoms with van der Waals surface area (Å²) in [6, 6.07) is 0.589. The average Bonchev–Trinajstić information content (AvgIpc) is 3.18. The van der Waals surface area contributed by atoms with Gasteiger partial charge in [0.2, 0.25) is 0 Å². The van der Waals surface area contributed by atoms with Crippen LogP contribution in [0.5, 0.6) is 5.88 Å². The van der Waals surface area contributed by atoms with Crippen molar-refractivity contribution in [3.63, 3.8) is 0 Å². The normalized spacial score (nSPS) is 19.9. The van der Waals surface area contributed by atoms with Crippen LogP contribution in [0.3, 0.4) is 0 Å². The third-order valence-corrected chi connectivity index (χ3v) is 3.42. The first-order valence-corrected chi connectivity index (χ1v) is 6.00. The molecule has 0 saturated heterocycles. The molecule has 0 radical (unpaired) electrons. The van der Waals surface area contributed by atoms with Crippen molar-refractivity contribution in [2.75, 3.05) is 12.4 Å². The summed E-state index contributed by atoms with van der Waals surface area (Å²) in [4.78, 5) is 8.47. The van der Waals surface area contributed by atoms with Crippen LogP contribution in [0.25, 0.3) is 0 Å². The highest BCUT2D eigenvalue weighted by atomic mass is 16.5. The lowest BCUT2D eigenvalue weighted by Gasteiger charge is -2.18. The Morgan fingerprint density at radius 3 is 2.38 bits per heavy atom. The molecule has 4 nitrogen and oxygen atoms in total. The third-order valence-electron chi connectivity index (χ3n) is 3.42. The van der Waals surface area contributed by atoms with Crippen molar-refractivity contribution < 1.29 is 4.74 Å². The molecule has 2 aliphatic carbocycles. The highest BCUT2D eigenvalue weighted by molar-refractivity contribution is 5.46. The van der Waals surface area contributed by atoms with Crippen molar-refractivity contribution in [3.05, 3.63) is 12.4 Å². The number of aromatic nitrogens is 2. The first-order valence-electron chi connectivity index (χ1n) is 6.00. The molecule has 4 heteroatoms. The molecule has 2 aliphatic rings. The van der Waals surface area contributed by atoms with Crippen LogP contribution in [0.2, 0.25) is 0 Å². The molecule has 1 N–H and O–H groups in total. The highest BCUT2D eigenvalue weighted by Gasteiger charge is 2.41. The van der Waals surface area contributed by atoms with Gasteiger partial charge in [-0.05, 0) is 37.5 Å². The van der Waals surface area contributed by atoms with Gasteiger partial charge in [-0.3, -0.25) is 0 Å². The van der Waals surface area contributed by atoms with Crippen LogP contribution in [-0.4, -0.2) is 23.1 Å². The first kappa shape index (κ1) is 9.87. The van der Waals surface area contributed by atoms with E-state index < -0.39 is 0 Å². The number of hydrogen-bond donors (Lipinski definition) is 1. The van der Waals surface area contributed by atoms with Gasteiger partial charge in [-0.15, -0.1) is 0 Å². The van der Waals surface area contributed by atoms with Crippen molar-refractivity contribution >= 4 is 5.82 Å². The molecule has 0 unspecified atom stereocenters. The van der Waals surface area contributed by atoms with Crippen molar-refractivity contribution in [3.8, 4) is 5.88 Å². The zero-order chi connectivity index (χ0) is 11.0. The topological polar surface area (TPSA) is 47.0 Å². The van der Waals surface area contributed by atoms with Crippen LogP contribution in [-0.2, 0) is 0 Å². The highest BCUT2D eigenvalue weighted by Crippen LogP contribution is 2.46. The summed E-state index contributed by atoms with van der Waals surface area (Å²) < 4.78 is 5.21. The van der Waals surface area contributed by atoms with Gasteiger partial charge in [-0.25, -0.2) is 9.97 Å². The Bertz CT molecular complexity index is 362. The number of nitrogens with zero attached hydrogens (tertiary/aromatic N) is 2. The summed E-state index contributed by atoms with van der Waals surface area (Å²) in [5.41, 5.74) is 0. The second-order valence-electron chi connectivity index (χ2n) is 4.76. The van der Waals surface area contributed by atoms with Gasteiger partial charge < -0.3 is 10.1 Å². The fourth-order valence-electron chi connectivity index (χ4n) is 2.26. The predicted octanol–water partition coefficient (Wildman–Crippen LogP) is 2.09. The SMILES string of the molecule is COc1nccnc1NC(C1CC1)C1CC1. The fourth-order valence-corrected chi connectivity index (χ4v) is 2.26. The van der Waals surface area contributed by atoms with Crippen molar-refractivity contribution in [1.82, 2.24) is 9.97 Å². The third kappa shape index (κ3) is 1.96. The molecule has 0 bridgehead atoms. The minimum absolute atomic E-state index is 0.589. The summed E-state index contributed by atoms with van der Waals surface area (Å²) >= 11 is 0. The number of rotatable bonds is 5. The van der Waals surface area contributed by atoms with Crippen LogP contribution < -0.4 is 10.1 Å². The van der Waals surface area contributed by atoms with Crippen LogP contribution in [0.1, 0.15) is 25.7 Å². The summed E-state index contributed by atoms with van der Waals surface area (Å²) in [5.74, 6) is 3.10. The van der Waals surface area contributed by atoms with E-state index >= 15 is 0 Å². The van der Waals surface area contributed by atoms with Crippen LogP contribution in [0.15, 0.2) is 12.4 Å². The van der Waals surface area contributed by atoms with E-state index in [2.05, 4.69) is 15.3 Å². The van der Waals surface area contributed by atoms with Crippen molar-refractivity contribution in [1.29, 1.82) is 0 Å². The molecule has 2 saturated carbocycles. The number of hydrogen-bond acceptors (Lipinski definition) is 4. The molecule has 2 fully saturated rings. The van der Waals surface area contributed by atoms with E-state index in [1.165, 1.54) is 25.7 Å². The molecule has 0 atom stereocenters. The molecule has 86 valence electrons. The summed E-state index contributed by atoms with van der Waals surface area (Å²) in [7, 11) is 1.64. The lowest BCUT2D eigenvalue weighted by Crippen LogP contribution is -2.25. The summed E-state index contributed by atoms with van der Waals surface area (Å²) in [6.07, 6.45) is 8.80. The molecular formula is C12H17N3O. The quantitative estimate of drug-likeness (QED) is 0.823. The zero-order valence-corrected chi connectivity index (χ0v) is 9.52. The van der Waals surface area contributed by atoms with Gasteiger partial charge in [0.15, 0.2) is 5.82 Å². The van der Waals surface area contributed by atoms with Crippen LogP contribution in [0.4, 0.5) is 5.82 Å². The number of nitrogens with one attached hydrogen (secondary N) is 1. The van der Waals surface area contributed by atoms with Crippen molar-refractivity contribution in [2.24, 2.45) is 11.8 Å². The molecule has 1 aromatic heterocycles. The van der Waals surface area contributed by atoms with E-state index in [4.69, 9.17) is 4.74 Å². The maximum Gasteiger partial charge on any atom is 0.257 e. The van der Waals surface area contributed by atoms with Gasteiger partial charge in [0.1, 0.15) is 0 Å². The second kappa shape index (κ2) is 3.92. The van der Waals surface area contributed by atoms with Crippen molar-refractivity contribution in [2.45, 2.75) is 31.7 Å². The standard InChI is InChI=1S/C12H17N3O/c1-16-12-11(13-6-7-14-12)15-10(8-2-3-8)9-4-5-9/h6-10H,2-5H2,1H3,(H,13,15). The van der Waals surface area contributed by atoms with E-state index in [-0.39, 0.29) is 0 Å². The molecule has 0 amide bonds. The van der Waals surface area contributed by atoms with Gasteiger partial charge in [-0.1, -0.05) is 0 Å². The molecule has 0 aromatic carbocycles.